The first-order valence-electron chi connectivity index (χ1n) is 15.0. The van der Waals surface area contributed by atoms with E-state index in [4.69, 9.17) is 0 Å². The number of hydrogen-bond donors (Lipinski definition) is 0. The van der Waals surface area contributed by atoms with Gasteiger partial charge in [-0.2, -0.15) is 35.0 Å². The van der Waals surface area contributed by atoms with Crippen LogP contribution in [-0.2, 0) is 26.2 Å². The van der Waals surface area contributed by atoms with Crippen LogP contribution < -0.4 is 10.4 Å². The van der Waals surface area contributed by atoms with Crippen molar-refractivity contribution in [3.63, 3.8) is 0 Å². The van der Waals surface area contributed by atoms with Crippen LogP contribution in [0.2, 0.25) is 0 Å². The van der Waals surface area contributed by atoms with Crippen LogP contribution in [0.3, 0.4) is 0 Å². The molecule has 4 heteroatoms. The van der Waals surface area contributed by atoms with E-state index in [1.54, 1.807) is 0 Å². The van der Waals surface area contributed by atoms with Gasteiger partial charge in [0.25, 0.3) is 0 Å². The summed E-state index contributed by atoms with van der Waals surface area (Å²) in [6.45, 7) is 0. The normalized spacial score (nSPS) is 9.70. The van der Waals surface area contributed by atoms with Gasteiger partial charge in [0, 0.05) is 0 Å². The molecule has 0 spiro atoms. The van der Waals surface area contributed by atoms with E-state index in [1.807, 2.05) is 0 Å². The van der Waals surface area contributed by atoms with Crippen molar-refractivity contribution in [2.24, 2.45) is 0 Å². The van der Waals surface area contributed by atoms with Crippen molar-refractivity contribution < 1.29 is 26.2 Å². The summed E-state index contributed by atoms with van der Waals surface area (Å²) >= 11 is 0. The molecule has 2 radical (unpaired) electrons. The van der Waals surface area contributed by atoms with Crippen molar-refractivity contribution in [3.8, 4) is 0 Å². The van der Waals surface area contributed by atoms with Gasteiger partial charge in [-0.05, 0) is 0 Å². The van der Waals surface area contributed by atoms with E-state index >= 15 is 0 Å². The Balaban J connectivity index is 0.000000169. The molecule has 9 aromatic carbocycles. The van der Waals surface area contributed by atoms with Crippen LogP contribution in [0, 0.1) is 0 Å². The van der Waals surface area contributed by atoms with Crippen molar-refractivity contribution in [1.82, 2.24) is 0 Å². The minimum atomic E-state index is 0. The van der Waals surface area contributed by atoms with Gasteiger partial charge < -0.3 is 0 Å². The third kappa shape index (κ3) is 10.5. The standard InChI is InChI=1S/C13H9.C12H11Si.2C9H7.2ClH.Zr/c1-3-7-12-10(5-1)9-11-6-2-4-8-13(11)12;1-3-7-11(8-4-1)13-12-9-5-2-6-10-12;2*1-2-5-9-7-3-6-8(9)4-1;;;/h1-9H;1-10,13H;2*1-7H;2*1H;/q-1;;2*-1;;;+3. The second-order valence-corrected chi connectivity index (χ2v) is 12.2. The van der Waals surface area contributed by atoms with Crippen molar-refractivity contribution in [1.29, 1.82) is 0 Å². The van der Waals surface area contributed by atoms with E-state index in [9.17, 15) is 0 Å². The molecule has 0 N–H and O–H groups in total. The Morgan fingerprint density at radius 3 is 1.09 bits per heavy atom. The molecular weight excluding hydrogens is 707 g/mol. The summed E-state index contributed by atoms with van der Waals surface area (Å²) in [7, 11) is 0.271. The Hall–Kier alpha value is -3.91. The first-order chi connectivity index (χ1) is 21.8. The second kappa shape index (κ2) is 19.7. The average Bonchev–Trinajstić information content (AvgIpc) is 3.85. The number of hydrogen-bond acceptors (Lipinski definition) is 0. The summed E-state index contributed by atoms with van der Waals surface area (Å²) in [6, 6.07) is 69.9. The molecule has 0 saturated heterocycles. The zero-order chi connectivity index (χ0) is 29.8. The largest absolute Gasteiger partial charge is 3.00 e. The maximum absolute atomic E-state index is 2.24. The van der Waals surface area contributed by atoms with Gasteiger partial charge in [0.1, 0.15) is 9.52 Å². The zero-order valence-corrected chi connectivity index (χ0v) is 31.2. The van der Waals surface area contributed by atoms with Gasteiger partial charge in [0.2, 0.25) is 0 Å². The van der Waals surface area contributed by atoms with Gasteiger partial charge in [-0.15, -0.1) is 124 Å². The third-order valence-electron chi connectivity index (χ3n) is 7.55. The fourth-order valence-electron chi connectivity index (χ4n) is 5.33. The SMILES string of the molecule is Cl.Cl.[Zr+3].c1ccc([SiH]c2ccccc2)cc1.c1ccc2[cH-]ccc2c1.c1ccc2[cH-]ccc2c1.c1ccc2c(c1)[cH-]c1ccccc12. The molecule has 0 atom stereocenters. The fraction of sp³-hybridized carbons (Fsp3) is 0. The van der Waals surface area contributed by atoms with Crippen LogP contribution in [-0.4, -0.2) is 9.52 Å². The van der Waals surface area contributed by atoms with E-state index in [0.717, 1.165) is 0 Å². The molecule has 0 amide bonds. The number of halogens is 2. The minimum absolute atomic E-state index is 0. The Kier molecular flexibility index (Phi) is 15.7. The smallest absolute Gasteiger partial charge is 0.168 e. The molecule has 0 saturated carbocycles. The molecule has 0 aliphatic carbocycles. The molecule has 47 heavy (non-hydrogen) atoms. The van der Waals surface area contributed by atoms with Crippen molar-refractivity contribution in [3.05, 3.63) is 200 Å². The summed E-state index contributed by atoms with van der Waals surface area (Å²) in [5.41, 5.74) is 0. The van der Waals surface area contributed by atoms with Gasteiger partial charge in [-0.25, -0.2) is 0 Å². The molecule has 9 aromatic rings. The zero-order valence-electron chi connectivity index (χ0n) is 25.9. The van der Waals surface area contributed by atoms with Crippen LogP contribution in [0.15, 0.2) is 200 Å². The van der Waals surface area contributed by atoms with Gasteiger partial charge in [0.15, 0.2) is 0 Å². The van der Waals surface area contributed by atoms with Gasteiger partial charge in [0.05, 0.1) is 0 Å². The Morgan fingerprint density at radius 1 is 0.340 bits per heavy atom. The predicted molar refractivity (Wildman–Crippen MR) is 210 cm³/mol. The molecule has 0 fully saturated rings. The maximum atomic E-state index is 2.24. The van der Waals surface area contributed by atoms with E-state index < -0.39 is 0 Å². The molecule has 9 rings (SSSR count). The number of fused-ring (bicyclic) bond motifs is 5. The average molecular weight is 743 g/mol. The minimum Gasteiger partial charge on any atom is -0.168 e. The maximum Gasteiger partial charge on any atom is 3.00 e. The van der Waals surface area contributed by atoms with Crippen molar-refractivity contribution >= 4 is 87.8 Å². The fourth-order valence-corrected chi connectivity index (χ4v) is 6.55. The summed E-state index contributed by atoms with van der Waals surface area (Å²) in [6.07, 6.45) is 0. The van der Waals surface area contributed by atoms with Crippen LogP contribution in [0.1, 0.15) is 0 Å². The molecule has 230 valence electrons. The van der Waals surface area contributed by atoms with Gasteiger partial charge in [-0.3, -0.25) is 0 Å². The second-order valence-electron chi connectivity index (χ2n) is 10.6. The first kappa shape index (κ1) is 37.5. The van der Waals surface area contributed by atoms with Crippen LogP contribution >= 0.6 is 24.8 Å². The van der Waals surface area contributed by atoms with E-state index in [0.29, 0.717) is 0 Å². The molecule has 0 aliphatic rings. The first-order valence-corrected chi connectivity index (χ1v) is 16.2. The van der Waals surface area contributed by atoms with E-state index in [-0.39, 0.29) is 60.5 Å². The van der Waals surface area contributed by atoms with Gasteiger partial charge >= 0.3 is 26.2 Å². The summed E-state index contributed by atoms with van der Waals surface area (Å²) in [5, 5.41) is 13.6. The predicted octanol–water partition coefficient (Wildman–Crippen LogP) is 10.7. The Morgan fingerprint density at radius 2 is 0.681 bits per heavy atom. The number of rotatable bonds is 2. The molecule has 0 heterocycles. The Bertz CT molecular complexity index is 1950. The quantitative estimate of drug-likeness (QED) is 0.122. The third-order valence-corrected chi connectivity index (χ3v) is 8.99. The molecule has 0 aromatic heterocycles. The van der Waals surface area contributed by atoms with Crippen LogP contribution in [0.4, 0.5) is 0 Å². The van der Waals surface area contributed by atoms with E-state index in [2.05, 4.69) is 200 Å². The molecule has 0 nitrogen and oxygen atoms in total. The molecule has 0 aliphatic heterocycles. The molecule has 0 unspecified atom stereocenters. The van der Waals surface area contributed by atoms with E-state index in [1.165, 1.54) is 53.5 Å². The van der Waals surface area contributed by atoms with Crippen molar-refractivity contribution in [2.75, 3.05) is 0 Å². The summed E-state index contributed by atoms with van der Waals surface area (Å²) in [4.78, 5) is 0. The molecular formula is C43H36Cl2SiZr. The van der Waals surface area contributed by atoms with Gasteiger partial charge in [-0.1, -0.05) is 120 Å². The monoisotopic (exact) mass is 740 g/mol. The van der Waals surface area contributed by atoms with Crippen molar-refractivity contribution in [2.45, 2.75) is 0 Å². The van der Waals surface area contributed by atoms with Crippen LogP contribution in [0.5, 0.6) is 0 Å². The Labute approximate surface area is 312 Å². The topological polar surface area (TPSA) is 0 Å². The van der Waals surface area contributed by atoms with Crippen LogP contribution in [0.25, 0.3) is 43.1 Å². The molecule has 0 bridgehead atoms. The summed E-state index contributed by atoms with van der Waals surface area (Å²) < 4.78 is 0. The number of benzene rings is 6. The summed E-state index contributed by atoms with van der Waals surface area (Å²) in [5.74, 6) is 0.